The molecule has 1 aromatic heterocycles. The normalized spacial score (nSPS) is 10.9. The number of benzene rings is 1. The van der Waals surface area contributed by atoms with E-state index in [1.54, 1.807) is 11.3 Å². The number of thiazole rings is 1. The van der Waals surface area contributed by atoms with E-state index in [1.807, 2.05) is 26.0 Å². The van der Waals surface area contributed by atoms with Crippen LogP contribution >= 0.6 is 27.3 Å². The zero-order valence-electron chi connectivity index (χ0n) is 12.7. The molecule has 0 fully saturated rings. The third-order valence-electron chi connectivity index (χ3n) is 2.91. The van der Waals surface area contributed by atoms with Gasteiger partial charge in [-0.25, -0.2) is 4.98 Å². The third-order valence-corrected chi connectivity index (χ3v) is 4.34. The lowest BCUT2D eigenvalue weighted by molar-refractivity contribution is -0.121. The molecule has 0 saturated heterocycles. The van der Waals surface area contributed by atoms with Crippen LogP contribution in [0.3, 0.4) is 0 Å². The molecule has 0 saturated carbocycles. The highest BCUT2D eigenvalue weighted by Gasteiger charge is 2.06. The Balaban J connectivity index is 1.79. The Morgan fingerprint density at radius 2 is 2.23 bits per heavy atom. The molecule has 1 heterocycles. The van der Waals surface area contributed by atoms with Gasteiger partial charge >= 0.3 is 0 Å². The average molecular weight is 382 g/mol. The van der Waals surface area contributed by atoms with E-state index in [0.717, 1.165) is 20.7 Å². The predicted molar refractivity (Wildman–Crippen MR) is 94.9 cm³/mol. The third kappa shape index (κ3) is 5.51. The van der Waals surface area contributed by atoms with Crippen LogP contribution in [-0.2, 0) is 11.3 Å². The van der Waals surface area contributed by atoms with Crippen molar-refractivity contribution in [2.75, 3.05) is 6.54 Å². The summed E-state index contributed by atoms with van der Waals surface area (Å²) in [6.07, 6.45) is 0.487. The quantitative estimate of drug-likeness (QED) is 0.720. The average Bonchev–Trinajstić information content (AvgIpc) is 2.92. The Morgan fingerprint density at radius 1 is 1.41 bits per heavy atom. The van der Waals surface area contributed by atoms with Crippen molar-refractivity contribution in [3.8, 4) is 10.6 Å². The first-order chi connectivity index (χ1) is 10.5. The molecule has 118 valence electrons. The Hall–Kier alpha value is -1.24. The summed E-state index contributed by atoms with van der Waals surface area (Å²) in [5, 5.41) is 9.19. The van der Waals surface area contributed by atoms with E-state index in [4.69, 9.17) is 0 Å². The minimum atomic E-state index is 0.0793. The zero-order chi connectivity index (χ0) is 15.9. The molecule has 2 aromatic rings. The largest absolute Gasteiger partial charge is 0.354 e. The molecule has 0 aliphatic rings. The zero-order valence-corrected chi connectivity index (χ0v) is 15.1. The van der Waals surface area contributed by atoms with Gasteiger partial charge in [-0.1, -0.05) is 28.1 Å². The highest BCUT2D eigenvalue weighted by atomic mass is 79.9. The molecule has 1 aromatic carbocycles. The van der Waals surface area contributed by atoms with Gasteiger partial charge in [0.25, 0.3) is 0 Å². The fraction of sp³-hybridized carbons (Fsp3) is 0.375. The fourth-order valence-corrected chi connectivity index (χ4v) is 3.17. The molecule has 22 heavy (non-hydrogen) atoms. The number of halogens is 1. The molecular weight excluding hydrogens is 362 g/mol. The minimum absolute atomic E-state index is 0.0793. The number of nitrogens with one attached hydrogen (secondary N) is 2. The molecule has 0 unspecified atom stereocenters. The van der Waals surface area contributed by atoms with Crippen molar-refractivity contribution in [3.05, 3.63) is 39.8 Å². The van der Waals surface area contributed by atoms with Crippen molar-refractivity contribution in [2.45, 2.75) is 32.9 Å². The molecule has 0 spiro atoms. The molecule has 2 N–H and O–H groups in total. The molecule has 6 heteroatoms. The van der Waals surface area contributed by atoms with Crippen LogP contribution in [0.4, 0.5) is 0 Å². The van der Waals surface area contributed by atoms with Crippen molar-refractivity contribution >= 4 is 33.2 Å². The summed E-state index contributed by atoms with van der Waals surface area (Å²) >= 11 is 5.11. The number of carbonyl (C=O) groups is 1. The van der Waals surface area contributed by atoms with Crippen molar-refractivity contribution in [3.63, 3.8) is 0 Å². The van der Waals surface area contributed by atoms with Gasteiger partial charge in [0.2, 0.25) is 5.91 Å². The summed E-state index contributed by atoms with van der Waals surface area (Å²) < 4.78 is 1.05. The van der Waals surface area contributed by atoms with E-state index < -0.39 is 0 Å². The first-order valence-electron chi connectivity index (χ1n) is 7.25. The van der Waals surface area contributed by atoms with Gasteiger partial charge in [-0.2, -0.15) is 0 Å². The van der Waals surface area contributed by atoms with Crippen molar-refractivity contribution in [2.24, 2.45) is 0 Å². The summed E-state index contributed by atoms with van der Waals surface area (Å²) in [5.74, 6) is 0.0793. The molecular formula is C16H20BrN3OS. The van der Waals surface area contributed by atoms with Crippen LogP contribution in [-0.4, -0.2) is 23.5 Å². The monoisotopic (exact) mass is 381 g/mol. The summed E-state index contributed by atoms with van der Waals surface area (Å²) in [5.41, 5.74) is 2.12. The Labute approximate surface area is 143 Å². The maximum absolute atomic E-state index is 11.5. The highest BCUT2D eigenvalue weighted by Crippen LogP contribution is 2.26. The molecule has 0 atom stereocenters. The van der Waals surface area contributed by atoms with Crippen molar-refractivity contribution in [1.82, 2.24) is 15.6 Å². The van der Waals surface area contributed by atoms with Gasteiger partial charge in [0, 0.05) is 41.0 Å². The second kappa shape index (κ2) is 8.41. The SMILES string of the molecule is CC(C)NC(=O)CCNCc1csc(-c2cccc(Br)c2)n1. The van der Waals surface area contributed by atoms with Gasteiger partial charge in [-0.3, -0.25) is 4.79 Å². The molecule has 0 aliphatic carbocycles. The van der Waals surface area contributed by atoms with Crippen LogP contribution in [0.1, 0.15) is 26.0 Å². The van der Waals surface area contributed by atoms with E-state index in [0.29, 0.717) is 19.5 Å². The Morgan fingerprint density at radius 3 is 2.95 bits per heavy atom. The van der Waals surface area contributed by atoms with Crippen LogP contribution in [0.2, 0.25) is 0 Å². The highest BCUT2D eigenvalue weighted by molar-refractivity contribution is 9.10. The van der Waals surface area contributed by atoms with E-state index >= 15 is 0 Å². The molecule has 0 aliphatic heterocycles. The topological polar surface area (TPSA) is 54.0 Å². The predicted octanol–water partition coefficient (Wildman–Crippen LogP) is 3.58. The maximum Gasteiger partial charge on any atom is 0.221 e. The number of hydrogen-bond donors (Lipinski definition) is 2. The smallest absolute Gasteiger partial charge is 0.221 e. The maximum atomic E-state index is 11.5. The molecule has 4 nitrogen and oxygen atoms in total. The van der Waals surface area contributed by atoms with Crippen LogP contribution in [0.25, 0.3) is 10.6 Å². The minimum Gasteiger partial charge on any atom is -0.354 e. The number of aromatic nitrogens is 1. The van der Waals surface area contributed by atoms with E-state index in [2.05, 4.69) is 49.1 Å². The summed E-state index contributed by atoms with van der Waals surface area (Å²) in [4.78, 5) is 16.1. The van der Waals surface area contributed by atoms with Gasteiger partial charge in [0.15, 0.2) is 0 Å². The first-order valence-corrected chi connectivity index (χ1v) is 8.92. The van der Waals surface area contributed by atoms with E-state index in [9.17, 15) is 4.79 Å². The lowest BCUT2D eigenvalue weighted by Gasteiger charge is -2.08. The number of rotatable bonds is 7. The standard InChI is InChI=1S/C16H20BrN3OS/c1-11(2)19-15(21)6-7-18-9-14-10-22-16(20-14)12-4-3-5-13(17)8-12/h3-5,8,10-11,18H,6-7,9H2,1-2H3,(H,19,21). The van der Waals surface area contributed by atoms with Crippen molar-refractivity contribution < 1.29 is 4.79 Å². The molecule has 2 rings (SSSR count). The number of hydrogen-bond acceptors (Lipinski definition) is 4. The Bertz CT molecular complexity index is 627. The van der Waals surface area contributed by atoms with Gasteiger partial charge in [-0.15, -0.1) is 11.3 Å². The molecule has 0 radical (unpaired) electrons. The van der Waals surface area contributed by atoms with Gasteiger partial charge in [-0.05, 0) is 26.0 Å². The lowest BCUT2D eigenvalue weighted by atomic mass is 10.2. The molecule has 0 bridgehead atoms. The van der Waals surface area contributed by atoms with Gasteiger partial charge in [0.05, 0.1) is 5.69 Å². The van der Waals surface area contributed by atoms with E-state index in [1.165, 1.54) is 0 Å². The number of amides is 1. The summed E-state index contributed by atoms with van der Waals surface area (Å²) in [6.45, 7) is 5.26. The number of nitrogens with zero attached hydrogens (tertiary/aromatic N) is 1. The van der Waals surface area contributed by atoms with Crippen molar-refractivity contribution in [1.29, 1.82) is 0 Å². The second-order valence-corrected chi connectivity index (χ2v) is 7.08. The summed E-state index contributed by atoms with van der Waals surface area (Å²) in [6, 6.07) is 8.32. The number of carbonyl (C=O) groups excluding carboxylic acids is 1. The van der Waals surface area contributed by atoms with Gasteiger partial charge in [0.1, 0.15) is 5.01 Å². The Kier molecular flexibility index (Phi) is 6.54. The van der Waals surface area contributed by atoms with Crippen LogP contribution in [0, 0.1) is 0 Å². The molecule has 1 amide bonds. The van der Waals surface area contributed by atoms with Crippen LogP contribution in [0.5, 0.6) is 0 Å². The van der Waals surface area contributed by atoms with Gasteiger partial charge < -0.3 is 10.6 Å². The fourth-order valence-electron chi connectivity index (χ4n) is 1.95. The first kappa shape index (κ1) is 17.1. The summed E-state index contributed by atoms with van der Waals surface area (Å²) in [7, 11) is 0. The second-order valence-electron chi connectivity index (χ2n) is 5.30. The van der Waals surface area contributed by atoms with Crippen LogP contribution in [0.15, 0.2) is 34.1 Å². The lowest BCUT2D eigenvalue weighted by Crippen LogP contribution is -2.32. The van der Waals surface area contributed by atoms with E-state index in [-0.39, 0.29) is 11.9 Å². The van der Waals surface area contributed by atoms with Crippen LogP contribution < -0.4 is 10.6 Å².